The van der Waals surface area contributed by atoms with Crippen LogP contribution in [0.3, 0.4) is 0 Å². The number of aryl methyl sites for hydroxylation is 1. The molecule has 2 nitrogen and oxygen atoms in total. The highest BCUT2D eigenvalue weighted by Crippen LogP contribution is 2.26. The van der Waals surface area contributed by atoms with Crippen LogP contribution in [0.25, 0.3) is 0 Å². The monoisotopic (exact) mass is 218 g/mol. The van der Waals surface area contributed by atoms with Gasteiger partial charge in [0.2, 0.25) is 0 Å². The molecule has 1 aromatic rings. The van der Waals surface area contributed by atoms with E-state index in [2.05, 4.69) is 43.1 Å². The van der Waals surface area contributed by atoms with Crippen molar-refractivity contribution in [2.75, 3.05) is 13.6 Å². The van der Waals surface area contributed by atoms with E-state index in [4.69, 9.17) is 5.73 Å². The average molecular weight is 218 g/mol. The second-order valence-electron chi connectivity index (χ2n) is 5.28. The fourth-order valence-corrected chi connectivity index (χ4v) is 2.56. The van der Waals surface area contributed by atoms with Gasteiger partial charge in [0.05, 0.1) is 0 Å². The summed E-state index contributed by atoms with van der Waals surface area (Å²) in [5.41, 5.74) is 8.55. The number of hydrogen-bond donors (Lipinski definition) is 1. The molecule has 0 spiro atoms. The molecule has 0 atom stereocenters. The van der Waals surface area contributed by atoms with Gasteiger partial charge in [-0.2, -0.15) is 0 Å². The number of nitrogens with zero attached hydrogens (tertiary/aromatic N) is 1. The van der Waals surface area contributed by atoms with Crippen LogP contribution in [0.5, 0.6) is 0 Å². The summed E-state index contributed by atoms with van der Waals surface area (Å²) in [5.74, 6) is 0.824. The molecule has 16 heavy (non-hydrogen) atoms. The Morgan fingerprint density at radius 2 is 2.12 bits per heavy atom. The molecule has 0 unspecified atom stereocenters. The summed E-state index contributed by atoms with van der Waals surface area (Å²) in [6.07, 6.45) is 2.41. The second kappa shape index (κ2) is 4.98. The van der Waals surface area contributed by atoms with Crippen LogP contribution in [0.15, 0.2) is 24.3 Å². The Morgan fingerprint density at radius 3 is 2.75 bits per heavy atom. The average Bonchev–Trinajstić information content (AvgIpc) is 2.15. The number of hydrogen-bond acceptors (Lipinski definition) is 2. The van der Waals surface area contributed by atoms with Gasteiger partial charge in [-0.3, -0.25) is 0 Å². The fourth-order valence-electron chi connectivity index (χ4n) is 2.56. The number of nitrogens with two attached hydrogens (primary N) is 1. The van der Waals surface area contributed by atoms with E-state index in [0.717, 1.165) is 12.5 Å². The van der Waals surface area contributed by atoms with Crippen molar-refractivity contribution < 1.29 is 0 Å². The SMILES string of the molecule is Cc1cccc(CN(C)CC2CC(N)C2)c1. The molecule has 0 aromatic heterocycles. The molecular weight excluding hydrogens is 196 g/mol. The van der Waals surface area contributed by atoms with E-state index in [-0.39, 0.29) is 0 Å². The minimum absolute atomic E-state index is 0.470. The Hall–Kier alpha value is -0.860. The molecule has 88 valence electrons. The van der Waals surface area contributed by atoms with Crippen molar-refractivity contribution in [3.63, 3.8) is 0 Å². The first-order valence-corrected chi connectivity index (χ1v) is 6.13. The maximum Gasteiger partial charge on any atom is 0.0230 e. The summed E-state index contributed by atoms with van der Waals surface area (Å²) in [7, 11) is 2.20. The predicted molar refractivity (Wildman–Crippen MR) is 68.2 cm³/mol. The third-order valence-electron chi connectivity index (χ3n) is 3.38. The van der Waals surface area contributed by atoms with Crippen LogP contribution in [0.4, 0.5) is 0 Å². The first-order chi connectivity index (χ1) is 7.63. The lowest BCUT2D eigenvalue weighted by Gasteiger charge is -2.35. The van der Waals surface area contributed by atoms with Crippen LogP contribution >= 0.6 is 0 Å². The molecule has 1 saturated carbocycles. The maximum atomic E-state index is 5.80. The first kappa shape index (κ1) is 11.6. The van der Waals surface area contributed by atoms with E-state index in [1.807, 2.05) is 0 Å². The van der Waals surface area contributed by atoms with Crippen LogP contribution in [-0.4, -0.2) is 24.5 Å². The molecular formula is C14H22N2. The van der Waals surface area contributed by atoms with E-state index in [1.54, 1.807) is 0 Å². The van der Waals surface area contributed by atoms with E-state index in [0.29, 0.717) is 6.04 Å². The predicted octanol–water partition coefficient (Wildman–Crippen LogP) is 2.16. The summed E-state index contributed by atoms with van der Waals surface area (Å²) in [4.78, 5) is 2.41. The van der Waals surface area contributed by atoms with Crippen LogP contribution in [-0.2, 0) is 6.54 Å². The number of benzene rings is 1. The van der Waals surface area contributed by atoms with Gasteiger partial charge in [0.1, 0.15) is 0 Å². The molecule has 2 heteroatoms. The molecule has 0 heterocycles. The largest absolute Gasteiger partial charge is 0.328 e. The topological polar surface area (TPSA) is 29.3 Å². The summed E-state index contributed by atoms with van der Waals surface area (Å²) in [6.45, 7) is 4.38. The smallest absolute Gasteiger partial charge is 0.0230 e. The maximum absolute atomic E-state index is 5.80. The highest BCUT2D eigenvalue weighted by molar-refractivity contribution is 5.22. The van der Waals surface area contributed by atoms with Crippen LogP contribution < -0.4 is 5.73 Å². The van der Waals surface area contributed by atoms with Crippen molar-refractivity contribution in [3.05, 3.63) is 35.4 Å². The fraction of sp³-hybridized carbons (Fsp3) is 0.571. The van der Waals surface area contributed by atoms with Gasteiger partial charge >= 0.3 is 0 Å². The van der Waals surface area contributed by atoms with E-state index >= 15 is 0 Å². The zero-order chi connectivity index (χ0) is 11.5. The van der Waals surface area contributed by atoms with Gasteiger partial charge in [0.15, 0.2) is 0 Å². The molecule has 0 amide bonds. The van der Waals surface area contributed by atoms with Crippen molar-refractivity contribution in [1.29, 1.82) is 0 Å². The van der Waals surface area contributed by atoms with E-state index < -0.39 is 0 Å². The number of rotatable bonds is 4. The summed E-state index contributed by atoms with van der Waals surface area (Å²) >= 11 is 0. The zero-order valence-corrected chi connectivity index (χ0v) is 10.3. The first-order valence-electron chi connectivity index (χ1n) is 6.13. The molecule has 1 aliphatic rings. The second-order valence-corrected chi connectivity index (χ2v) is 5.28. The lowest BCUT2D eigenvalue weighted by molar-refractivity contribution is 0.178. The highest BCUT2D eigenvalue weighted by Gasteiger charge is 2.26. The normalized spacial score (nSPS) is 24.5. The van der Waals surface area contributed by atoms with Gasteiger partial charge < -0.3 is 10.6 Å². The summed E-state index contributed by atoms with van der Waals surface area (Å²) in [6, 6.07) is 9.22. The molecule has 1 aliphatic carbocycles. The lowest BCUT2D eigenvalue weighted by Crippen LogP contribution is -2.41. The highest BCUT2D eigenvalue weighted by atomic mass is 15.1. The van der Waals surface area contributed by atoms with Crippen molar-refractivity contribution in [1.82, 2.24) is 4.90 Å². The van der Waals surface area contributed by atoms with Crippen molar-refractivity contribution in [3.8, 4) is 0 Å². The van der Waals surface area contributed by atoms with Gasteiger partial charge in [0.25, 0.3) is 0 Å². The minimum atomic E-state index is 0.470. The Balaban J connectivity index is 1.80. The minimum Gasteiger partial charge on any atom is -0.328 e. The molecule has 2 rings (SSSR count). The molecule has 0 aliphatic heterocycles. The summed E-state index contributed by atoms with van der Waals surface area (Å²) in [5, 5.41) is 0. The summed E-state index contributed by atoms with van der Waals surface area (Å²) < 4.78 is 0. The Kier molecular flexibility index (Phi) is 3.62. The van der Waals surface area contributed by atoms with Crippen LogP contribution in [0.1, 0.15) is 24.0 Å². The lowest BCUT2D eigenvalue weighted by atomic mass is 9.80. The Bertz CT molecular complexity index is 342. The van der Waals surface area contributed by atoms with Gasteiger partial charge in [-0.1, -0.05) is 29.8 Å². The van der Waals surface area contributed by atoms with Gasteiger partial charge in [0, 0.05) is 19.1 Å². The third-order valence-corrected chi connectivity index (χ3v) is 3.38. The Morgan fingerprint density at radius 1 is 1.38 bits per heavy atom. The van der Waals surface area contributed by atoms with Gasteiger partial charge in [-0.15, -0.1) is 0 Å². The van der Waals surface area contributed by atoms with Gasteiger partial charge in [-0.25, -0.2) is 0 Å². The Labute approximate surface area is 98.4 Å². The molecule has 1 aromatic carbocycles. The van der Waals surface area contributed by atoms with Crippen LogP contribution in [0, 0.1) is 12.8 Å². The molecule has 0 radical (unpaired) electrons. The van der Waals surface area contributed by atoms with Gasteiger partial charge in [-0.05, 0) is 38.3 Å². The molecule has 0 bridgehead atoms. The quantitative estimate of drug-likeness (QED) is 0.839. The zero-order valence-electron chi connectivity index (χ0n) is 10.3. The molecule has 2 N–H and O–H groups in total. The van der Waals surface area contributed by atoms with Crippen LogP contribution in [0.2, 0.25) is 0 Å². The third kappa shape index (κ3) is 3.06. The standard InChI is InChI=1S/C14H22N2/c1-11-4-3-5-12(6-11)9-16(2)10-13-7-14(15)8-13/h3-6,13-14H,7-10,15H2,1-2H3. The molecule has 1 fully saturated rings. The van der Waals surface area contributed by atoms with Crippen molar-refractivity contribution in [2.45, 2.75) is 32.4 Å². The van der Waals surface area contributed by atoms with E-state index in [1.165, 1.54) is 30.5 Å². The van der Waals surface area contributed by atoms with Crippen molar-refractivity contribution in [2.24, 2.45) is 11.7 Å². The molecule has 0 saturated heterocycles. The van der Waals surface area contributed by atoms with E-state index in [9.17, 15) is 0 Å². The van der Waals surface area contributed by atoms with Crippen molar-refractivity contribution >= 4 is 0 Å².